The molecule has 0 saturated heterocycles. The summed E-state index contributed by atoms with van der Waals surface area (Å²) >= 11 is 0. The van der Waals surface area contributed by atoms with Crippen molar-refractivity contribution in [3.8, 4) is 6.07 Å². The Morgan fingerprint density at radius 3 is 2.11 bits per heavy atom. The molecule has 1 spiro atoms. The Kier molecular flexibility index (Phi) is 3.17. The zero-order valence-corrected chi connectivity index (χ0v) is 12.2. The van der Waals surface area contributed by atoms with E-state index in [-0.39, 0.29) is 0 Å². The Bertz CT molecular complexity index is 381. The fourth-order valence-electron chi connectivity index (χ4n) is 5.22. The minimum Gasteiger partial charge on any atom is -0.388 e. The fraction of sp³-hybridized carbons (Fsp3) is 0.941. The van der Waals surface area contributed by atoms with Crippen LogP contribution in [0, 0.1) is 28.1 Å². The quantitative estimate of drug-likeness (QED) is 0.769. The van der Waals surface area contributed by atoms with Crippen LogP contribution in [-0.2, 0) is 0 Å². The van der Waals surface area contributed by atoms with Gasteiger partial charge in [0.2, 0.25) is 0 Å². The van der Waals surface area contributed by atoms with Crippen LogP contribution in [0.2, 0.25) is 0 Å². The van der Waals surface area contributed by atoms with E-state index in [0.29, 0.717) is 11.3 Å². The van der Waals surface area contributed by atoms with E-state index >= 15 is 0 Å². The third kappa shape index (κ3) is 2.02. The number of aliphatic hydroxyl groups is 1. The van der Waals surface area contributed by atoms with Gasteiger partial charge in [-0.25, -0.2) is 0 Å². The van der Waals surface area contributed by atoms with Crippen LogP contribution in [0.3, 0.4) is 0 Å². The first kappa shape index (κ1) is 13.4. The molecule has 0 radical (unpaired) electrons. The zero-order valence-electron chi connectivity index (χ0n) is 12.2. The Balaban J connectivity index is 1.76. The minimum absolute atomic E-state index is 0.438. The molecule has 0 heterocycles. The van der Waals surface area contributed by atoms with Gasteiger partial charge < -0.3 is 5.11 Å². The summed E-state index contributed by atoms with van der Waals surface area (Å²) in [7, 11) is 0. The highest BCUT2D eigenvalue weighted by Crippen LogP contribution is 2.59. The van der Waals surface area contributed by atoms with E-state index in [1.54, 1.807) is 0 Å². The second-order valence-electron chi connectivity index (χ2n) is 7.78. The number of nitrogens with zero attached hydrogens (tertiary/aromatic N) is 1. The molecule has 0 aromatic rings. The summed E-state index contributed by atoms with van der Waals surface area (Å²) in [6.45, 7) is 2.23. The molecule has 106 valence electrons. The molecular weight excluding hydrogens is 234 g/mol. The maximum atomic E-state index is 11.2. The van der Waals surface area contributed by atoms with E-state index in [2.05, 4.69) is 13.0 Å². The van der Waals surface area contributed by atoms with E-state index in [9.17, 15) is 10.4 Å². The van der Waals surface area contributed by atoms with Gasteiger partial charge in [-0.3, -0.25) is 0 Å². The predicted octanol–water partition coefficient (Wildman–Crippen LogP) is 4.18. The minimum atomic E-state index is -0.694. The second-order valence-corrected chi connectivity index (χ2v) is 7.78. The smallest absolute Gasteiger partial charge is 0.0862 e. The third-order valence-electron chi connectivity index (χ3n) is 6.67. The zero-order chi connectivity index (χ0) is 13.6. The lowest BCUT2D eigenvalue weighted by molar-refractivity contribution is -0.104. The summed E-state index contributed by atoms with van der Waals surface area (Å²) in [6.07, 6.45) is 12.4. The van der Waals surface area contributed by atoms with Crippen molar-refractivity contribution in [1.82, 2.24) is 0 Å². The Morgan fingerprint density at radius 1 is 1.00 bits per heavy atom. The van der Waals surface area contributed by atoms with Crippen molar-refractivity contribution in [2.75, 3.05) is 0 Å². The number of hydrogen-bond acceptors (Lipinski definition) is 2. The summed E-state index contributed by atoms with van der Waals surface area (Å²) in [5.41, 5.74) is -0.597. The molecule has 0 amide bonds. The Labute approximate surface area is 117 Å². The maximum Gasteiger partial charge on any atom is 0.0862 e. The van der Waals surface area contributed by atoms with Gasteiger partial charge in [-0.15, -0.1) is 0 Å². The molecule has 3 fully saturated rings. The molecule has 3 rings (SSSR count). The third-order valence-corrected chi connectivity index (χ3v) is 6.67. The van der Waals surface area contributed by atoms with Crippen LogP contribution in [0.15, 0.2) is 0 Å². The summed E-state index contributed by atoms with van der Waals surface area (Å²) in [4.78, 5) is 0. The van der Waals surface area contributed by atoms with Gasteiger partial charge in [0.05, 0.1) is 17.1 Å². The molecule has 2 atom stereocenters. The summed E-state index contributed by atoms with van der Waals surface area (Å²) < 4.78 is 0. The molecule has 2 heteroatoms. The van der Waals surface area contributed by atoms with Crippen LogP contribution in [-0.4, -0.2) is 10.7 Å². The van der Waals surface area contributed by atoms with Crippen LogP contribution < -0.4 is 0 Å². The normalized spacial score (nSPS) is 40.4. The first-order chi connectivity index (χ1) is 9.03. The molecule has 3 saturated carbocycles. The monoisotopic (exact) mass is 261 g/mol. The largest absolute Gasteiger partial charge is 0.388 e. The number of hydrogen-bond donors (Lipinski definition) is 1. The van der Waals surface area contributed by atoms with Crippen molar-refractivity contribution in [2.24, 2.45) is 16.7 Å². The van der Waals surface area contributed by atoms with Crippen molar-refractivity contribution < 1.29 is 5.11 Å². The molecule has 3 aliphatic rings. The van der Waals surface area contributed by atoms with Crippen LogP contribution in [0.4, 0.5) is 0 Å². The highest BCUT2D eigenvalue weighted by Gasteiger charge is 2.56. The van der Waals surface area contributed by atoms with Crippen molar-refractivity contribution in [1.29, 1.82) is 5.26 Å². The van der Waals surface area contributed by atoms with Gasteiger partial charge in [0.25, 0.3) is 0 Å². The van der Waals surface area contributed by atoms with Crippen LogP contribution in [0.25, 0.3) is 0 Å². The molecule has 1 N–H and O–H groups in total. The molecule has 2 unspecified atom stereocenters. The van der Waals surface area contributed by atoms with E-state index in [4.69, 9.17) is 0 Å². The lowest BCUT2D eigenvalue weighted by Crippen LogP contribution is -2.50. The highest BCUT2D eigenvalue weighted by molar-refractivity contribution is 5.16. The van der Waals surface area contributed by atoms with Gasteiger partial charge in [0.15, 0.2) is 0 Å². The fourth-order valence-corrected chi connectivity index (χ4v) is 5.22. The maximum absolute atomic E-state index is 11.2. The van der Waals surface area contributed by atoms with Crippen molar-refractivity contribution >= 4 is 0 Å². The second kappa shape index (κ2) is 4.48. The average molecular weight is 261 g/mol. The Hall–Kier alpha value is -0.550. The molecule has 19 heavy (non-hydrogen) atoms. The molecule has 2 nitrogen and oxygen atoms in total. The lowest BCUT2D eigenvalue weighted by Gasteiger charge is -2.48. The molecule has 0 aromatic carbocycles. The van der Waals surface area contributed by atoms with Crippen LogP contribution in [0.1, 0.15) is 77.6 Å². The van der Waals surface area contributed by atoms with Crippen molar-refractivity contribution in [2.45, 2.75) is 83.2 Å². The van der Waals surface area contributed by atoms with Crippen LogP contribution >= 0.6 is 0 Å². The van der Waals surface area contributed by atoms with Gasteiger partial charge in [-0.1, -0.05) is 19.8 Å². The summed E-state index contributed by atoms with van der Waals surface area (Å²) in [5, 5.41) is 20.9. The van der Waals surface area contributed by atoms with E-state index in [1.165, 1.54) is 25.7 Å². The van der Waals surface area contributed by atoms with Crippen molar-refractivity contribution in [3.05, 3.63) is 0 Å². The highest BCUT2D eigenvalue weighted by atomic mass is 16.3. The number of rotatable bonds is 1. The molecule has 3 aliphatic carbocycles. The first-order valence-corrected chi connectivity index (χ1v) is 8.17. The standard InChI is InChI=1S/C17H27NO/c1-14-4-7-16(12-14,13-18)17(19)10-8-15(9-11-17)5-2-3-6-15/h14,19H,2-12H2,1H3. The molecule has 0 aliphatic heterocycles. The van der Waals surface area contributed by atoms with Gasteiger partial charge in [0.1, 0.15) is 0 Å². The first-order valence-electron chi connectivity index (χ1n) is 8.17. The average Bonchev–Trinajstić information content (AvgIpc) is 3.02. The molecular formula is C17H27NO. The van der Waals surface area contributed by atoms with Gasteiger partial charge in [-0.05, 0) is 69.1 Å². The SMILES string of the molecule is CC1CCC(C#N)(C2(O)CCC3(CCCC3)CC2)C1. The predicted molar refractivity (Wildman–Crippen MR) is 75.4 cm³/mol. The van der Waals surface area contributed by atoms with E-state index < -0.39 is 11.0 Å². The topological polar surface area (TPSA) is 44.0 Å². The summed E-state index contributed by atoms with van der Waals surface area (Å²) in [5.74, 6) is 0.603. The van der Waals surface area contributed by atoms with Gasteiger partial charge in [-0.2, -0.15) is 5.26 Å². The van der Waals surface area contributed by atoms with Crippen molar-refractivity contribution in [3.63, 3.8) is 0 Å². The number of nitriles is 1. The summed E-state index contributed by atoms with van der Waals surface area (Å²) in [6, 6.07) is 2.55. The van der Waals surface area contributed by atoms with Gasteiger partial charge >= 0.3 is 0 Å². The lowest BCUT2D eigenvalue weighted by atomic mass is 9.58. The van der Waals surface area contributed by atoms with Gasteiger partial charge in [0, 0.05) is 0 Å². The molecule has 0 aromatic heterocycles. The van der Waals surface area contributed by atoms with Crippen LogP contribution in [0.5, 0.6) is 0 Å². The van der Waals surface area contributed by atoms with E-state index in [1.807, 2.05) is 0 Å². The van der Waals surface area contributed by atoms with E-state index in [0.717, 1.165) is 44.9 Å². The Morgan fingerprint density at radius 2 is 1.63 bits per heavy atom. The molecule has 0 bridgehead atoms.